The van der Waals surface area contributed by atoms with E-state index in [-0.39, 0.29) is 6.04 Å². The molecule has 1 saturated heterocycles. The summed E-state index contributed by atoms with van der Waals surface area (Å²) >= 11 is 0. The van der Waals surface area contributed by atoms with E-state index in [1.807, 2.05) is 13.8 Å². The third-order valence-corrected chi connectivity index (χ3v) is 2.86. The van der Waals surface area contributed by atoms with Gasteiger partial charge in [0.05, 0.1) is 19.3 Å². The minimum absolute atomic E-state index is 0.0162. The molecule has 3 nitrogen and oxygen atoms in total. The molecule has 1 aromatic carbocycles. The summed E-state index contributed by atoms with van der Waals surface area (Å²) in [6.07, 6.45) is 0. The molecular weight excluding hydrogens is 240 g/mol. The molecule has 1 aliphatic rings. The van der Waals surface area contributed by atoms with Crippen molar-refractivity contribution in [2.75, 3.05) is 13.2 Å². The largest absolute Gasteiger partial charge is 0.349 e. The molecule has 0 atom stereocenters. The van der Waals surface area contributed by atoms with Crippen LogP contribution in [0.3, 0.4) is 0 Å². The molecule has 0 radical (unpaired) electrons. The fourth-order valence-electron chi connectivity index (χ4n) is 1.73. The molecule has 1 aromatic rings. The van der Waals surface area contributed by atoms with E-state index >= 15 is 0 Å². The Morgan fingerprint density at radius 1 is 1.28 bits per heavy atom. The predicted molar refractivity (Wildman–Crippen MR) is 63.0 cm³/mol. The number of hydrogen-bond acceptors (Lipinski definition) is 3. The number of rotatable bonds is 3. The molecule has 0 amide bonds. The number of nitrogens with one attached hydrogen (secondary N) is 1. The predicted octanol–water partition coefficient (Wildman–Crippen LogP) is 2.21. The van der Waals surface area contributed by atoms with Crippen molar-refractivity contribution in [2.24, 2.45) is 0 Å². The fourth-order valence-corrected chi connectivity index (χ4v) is 1.73. The van der Waals surface area contributed by atoms with Crippen LogP contribution in [0.1, 0.15) is 19.4 Å². The smallest absolute Gasteiger partial charge is 0.162 e. The number of benzene rings is 1. The van der Waals surface area contributed by atoms with E-state index in [4.69, 9.17) is 9.47 Å². The molecule has 0 saturated carbocycles. The number of halogens is 2. The minimum Gasteiger partial charge on any atom is -0.349 e. The normalized spacial score (nSPS) is 20.0. The van der Waals surface area contributed by atoms with Crippen LogP contribution in [0.15, 0.2) is 18.2 Å². The lowest BCUT2D eigenvalue weighted by molar-refractivity contribution is -0.253. The van der Waals surface area contributed by atoms with Crippen LogP contribution >= 0.6 is 0 Å². The summed E-state index contributed by atoms with van der Waals surface area (Å²) in [5.74, 6) is -1.66. The standard InChI is InChI=1S/C13H17F2NO2/c1-13(2)17-7-11(8-18-13)16-6-9-3-4-10(14)5-12(9)15/h3-5,11,16H,6-8H2,1-2H3. The van der Waals surface area contributed by atoms with E-state index < -0.39 is 17.4 Å². The van der Waals surface area contributed by atoms with Crippen LogP contribution in [0.4, 0.5) is 8.78 Å². The van der Waals surface area contributed by atoms with Crippen molar-refractivity contribution in [3.63, 3.8) is 0 Å². The molecule has 0 aromatic heterocycles. The molecular formula is C13H17F2NO2. The second kappa shape index (κ2) is 5.30. The van der Waals surface area contributed by atoms with E-state index in [2.05, 4.69) is 5.32 Å². The highest BCUT2D eigenvalue weighted by Crippen LogP contribution is 2.17. The molecule has 0 unspecified atom stereocenters. The zero-order valence-corrected chi connectivity index (χ0v) is 10.5. The Labute approximate surface area is 105 Å². The van der Waals surface area contributed by atoms with Crippen molar-refractivity contribution in [3.8, 4) is 0 Å². The van der Waals surface area contributed by atoms with Gasteiger partial charge >= 0.3 is 0 Å². The lowest BCUT2D eigenvalue weighted by Crippen LogP contribution is -2.48. The summed E-state index contributed by atoms with van der Waals surface area (Å²) in [7, 11) is 0. The van der Waals surface area contributed by atoms with Gasteiger partial charge in [0.1, 0.15) is 11.6 Å². The SMILES string of the molecule is CC1(C)OCC(NCc2ccc(F)cc2F)CO1. The van der Waals surface area contributed by atoms with Gasteiger partial charge in [0.2, 0.25) is 0 Å². The van der Waals surface area contributed by atoms with E-state index in [1.54, 1.807) is 0 Å². The van der Waals surface area contributed by atoms with Crippen molar-refractivity contribution in [1.29, 1.82) is 0 Å². The first-order valence-electron chi connectivity index (χ1n) is 5.91. The molecule has 0 bridgehead atoms. The van der Waals surface area contributed by atoms with E-state index in [9.17, 15) is 8.78 Å². The Morgan fingerprint density at radius 3 is 2.56 bits per heavy atom. The van der Waals surface area contributed by atoms with Crippen molar-refractivity contribution in [3.05, 3.63) is 35.4 Å². The van der Waals surface area contributed by atoms with Gasteiger partial charge in [-0.05, 0) is 19.9 Å². The monoisotopic (exact) mass is 257 g/mol. The van der Waals surface area contributed by atoms with Gasteiger partial charge < -0.3 is 14.8 Å². The first-order valence-corrected chi connectivity index (χ1v) is 5.91. The van der Waals surface area contributed by atoms with Gasteiger partial charge in [-0.2, -0.15) is 0 Å². The Morgan fingerprint density at radius 2 is 1.94 bits per heavy atom. The molecule has 1 N–H and O–H groups in total. The van der Waals surface area contributed by atoms with E-state index in [0.717, 1.165) is 6.07 Å². The Balaban J connectivity index is 1.85. The maximum Gasteiger partial charge on any atom is 0.162 e. The molecule has 100 valence electrons. The zero-order valence-electron chi connectivity index (χ0n) is 10.5. The van der Waals surface area contributed by atoms with Gasteiger partial charge in [-0.1, -0.05) is 6.07 Å². The Hall–Kier alpha value is -1.04. The molecule has 1 aliphatic heterocycles. The van der Waals surface area contributed by atoms with Gasteiger partial charge in [0.15, 0.2) is 5.79 Å². The lowest BCUT2D eigenvalue weighted by Gasteiger charge is -2.35. The van der Waals surface area contributed by atoms with Crippen LogP contribution in [0.25, 0.3) is 0 Å². The van der Waals surface area contributed by atoms with Crippen molar-refractivity contribution in [2.45, 2.75) is 32.2 Å². The maximum absolute atomic E-state index is 13.4. The van der Waals surface area contributed by atoms with E-state index in [1.165, 1.54) is 12.1 Å². The second-order valence-corrected chi connectivity index (χ2v) is 4.84. The van der Waals surface area contributed by atoms with Gasteiger partial charge in [0, 0.05) is 18.2 Å². The molecule has 0 aliphatic carbocycles. The lowest BCUT2D eigenvalue weighted by atomic mass is 10.2. The summed E-state index contributed by atoms with van der Waals surface area (Å²) in [5, 5.41) is 3.12. The maximum atomic E-state index is 13.4. The zero-order chi connectivity index (χ0) is 13.2. The molecule has 18 heavy (non-hydrogen) atoms. The number of hydrogen-bond donors (Lipinski definition) is 1. The van der Waals surface area contributed by atoms with Crippen LogP contribution in [0, 0.1) is 11.6 Å². The average molecular weight is 257 g/mol. The quantitative estimate of drug-likeness (QED) is 0.900. The minimum atomic E-state index is -0.567. The van der Waals surface area contributed by atoms with Crippen LogP contribution in [-0.4, -0.2) is 25.0 Å². The van der Waals surface area contributed by atoms with Crippen LogP contribution in [0.5, 0.6) is 0 Å². The third-order valence-electron chi connectivity index (χ3n) is 2.86. The topological polar surface area (TPSA) is 30.5 Å². The third kappa shape index (κ3) is 3.48. The highest BCUT2D eigenvalue weighted by molar-refractivity contribution is 5.18. The van der Waals surface area contributed by atoms with Crippen molar-refractivity contribution >= 4 is 0 Å². The van der Waals surface area contributed by atoms with E-state index in [0.29, 0.717) is 25.3 Å². The first kappa shape index (κ1) is 13.4. The molecule has 1 heterocycles. The van der Waals surface area contributed by atoms with Crippen LogP contribution < -0.4 is 5.32 Å². The number of ether oxygens (including phenoxy) is 2. The molecule has 5 heteroatoms. The molecule has 2 rings (SSSR count). The summed E-state index contributed by atoms with van der Waals surface area (Å²) < 4.78 is 37.1. The molecule has 1 fully saturated rings. The van der Waals surface area contributed by atoms with Crippen molar-refractivity contribution < 1.29 is 18.3 Å². The second-order valence-electron chi connectivity index (χ2n) is 4.84. The van der Waals surface area contributed by atoms with Gasteiger partial charge in [0.25, 0.3) is 0 Å². The van der Waals surface area contributed by atoms with Crippen LogP contribution in [0.2, 0.25) is 0 Å². The van der Waals surface area contributed by atoms with Crippen LogP contribution in [-0.2, 0) is 16.0 Å². The fraction of sp³-hybridized carbons (Fsp3) is 0.538. The summed E-state index contributed by atoms with van der Waals surface area (Å²) in [6, 6.07) is 3.58. The van der Waals surface area contributed by atoms with Gasteiger partial charge in [-0.3, -0.25) is 0 Å². The van der Waals surface area contributed by atoms with Crippen molar-refractivity contribution in [1.82, 2.24) is 5.32 Å². The first-order chi connectivity index (χ1) is 8.46. The highest BCUT2D eigenvalue weighted by atomic mass is 19.1. The Kier molecular flexibility index (Phi) is 3.94. The highest BCUT2D eigenvalue weighted by Gasteiger charge is 2.27. The molecule has 0 spiro atoms. The average Bonchev–Trinajstić information content (AvgIpc) is 2.29. The van der Waals surface area contributed by atoms with Gasteiger partial charge in [-0.15, -0.1) is 0 Å². The van der Waals surface area contributed by atoms with Gasteiger partial charge in [-0.25, -0.2) is 8.78 Å². The summed E-state index contributed by atoms with van der Waals surface area (Å²) in [5.41, 5.74) is 0.432. The summed E-state index contributed by atoms with van der Waals surface area (Å²) in [6.45, 7) is 5.04. The Bertz CT molecular complexity index is 413. The summed E-state index contributed by atoms with van der Waals surface area (Å²) in [4.78, 5) is 0.